The van der Waals surface area contributed by atoms with Crippen molar-refractivity contribution in [3.63, 3.8) is 0 Å². The van der Waals surface area contributed by atoms with E-state index in [0.717, 1.165) is 11.1 Å². The number of carbonyl (C=O) groups excluding carboxylic acids is 2. The highest BCUT2D eigenvalue weighted by Crippen LogP contribution is 2.42. The lowest BCUT2D eigenvalue weighted by Gasteiger charge is -2.26. The minimum Gasteiger partial charge on any atom is -0.508 e. The van der Waals surface area contributed by atoms with E-state index in [1.54, 1.807) is 48.8 Å². The van der Waals surface area contributed by atoms with E-state index in [1.807, 2.05) is 33.8 Å². The first-order valence-corrected chi connectivity index (χ1v) is 11.9. The number of amides is 1. The number of Topliss-reactive ketones (excluding diaryl/α,β-unsaturated/α-hetero) is 1. The summed E-state index contributed by atoms with van der Waals surface area (Å²) in [5, 5.41) is 21.6. The summed E-state index contributed by atoms with van der Waals surface area (Å²) in [5.74, 6) is -1.09. The predicted octanol–water partition coefficient (Wildman–Crippen LogP) is 5.11. The Morgan fingerprint density at radius 2 is 1.86 bits per heavy atom. The Morgan fingerprint density at radius 1 is 1.08 bits per heavy atom. The van der Waals surface area contributed by atoms with E-state index in [4.69, 9.17) is 4.74 Å². The average molecular weight is 487 g/mol. The maximum Gasteiger partial charge on any atom is 0.295 e. The molecule has 1 aromatic heterocycles. The molecule has 0 bridgehead atoms. The third kappa shape index (κ3) is 4.82. The largest absolute Gasteiger partial charge is 0.508 e. The number of aromatic hydroxyl groups is 1. The van der Waals surface area contributed by atoms with E-state index in [2.05, 4.69) is 4.98 Å². The normalized spacial score (nSPS) is 17.4. The van der Waals surface area contributed by atoms with Gasteiger partial charge in [0.15, 0.2) is 0 Å². The number of hydrogen-bond donors (Lipinski definition) is 2. The summed E-state index contributed by atoms with van der Waals surface area (Å²) in [7, 11) is 0. The number of phenols is 1. The topological polar surface area (TPSA) is 100.0 Å². The van der Waals surface area contributed by atoms with Crippen molar-refractivity contribution in [3.05, 3.63) is 94.8 Å². The molecule has 7 nitrogen and oxygen atoms in total. The van der Waals surface area contributed by atoms with E-state index >= 15 is 0 Å². The zero-order valence-electron chi connectivity index (χ0n) is 20.9. The number of pyridine rings is 1. The van der Waals surface area contributed by atoms with Crippen LogP contribution >= 0.6 is 0 Å². The maximum absolute atomic E-state index is 13.3. The summed E-state index contributed by atoms with van der Waals surface area (Å²) in [4.78, 5) is 32.1. The molecule has 1 aliphatic rings. The molecule has 36 heavy (non-hydrogen) atoms. The fraction of sp³-hybridized carbons (Fsp3) is 0.276. The van der Waals surface area contributed by atoms with Crippen molar-refractivity contribution < 1.29 is 24.5 Å². The number of hydrogen-bond acceptors (Lipinski definition) is 6. The summed E-state index contributed by atoms with van der Waals surface area (Å²) < 4.78 is 5.79. The van der Waals surface area contributed by atoms with Crippen molar-refractivity contribution in [2.45, 2.75) is 45.7 Å². The number of aliphatic hydroxyl groups excluding tert-OH is 1. The van der Waals surface area contributed by atoms with Crippen LogP contribution in [0.4, 0.5) is 0 Å². The van der Waals surface area contributed by atoms with Gasteiger partial charge in [-0.25, -0.2) is 0 Å². The van der Waals surface area contributed by atoms with Crippen molar-refractivity contribution in [1.29, 1.82) is 0 Å². The zero-order chi connectivity index (χ0) is 26.0. The van der Waals surface area contributed by atoms with Gasteiger partial charge in [-0.05, 0) is 59.9 Å². The van der Waals surface area contributed by atoms with Gasteiger partial charge in [-0.1, -0.05) is 39.0 Å². The first-order valence-electron chi connectivity index (χ1n) is 11.9. The lowest BCUT2D eigenvalue weighted by molar-refractivity contribution is -0.140. The van der Waals surface area contributed by atoms with Crippen LogP contribution in [0.5, 0.6) is 11.5 Å². The second kappa shape index (κ2) is 9.85. The van der Waals surface area contributed by atoms with Crippen LogP contribution in [-0.2, 0) is 21.5 Å². The Kier molecular flexibility index (Phi) is 6.84. The van der Waals surface area contributed by atoms with Crippen molar-refractivity contribution in [2.24, 2.45) is 0 Å². The molecule has 1 fully saturated rings. The number of carbonyl (C=O) groups is 2. The molecular formula is C29H30N2O5. The molecule has 186 valence electrons. The van der Waals surface area contributed by atoms with Crippen molar-refractivity contribution in [2.75, 3.05) is 6.61 Å². The van der Waals surface area contributed by atoms with Crippen LogP contribution in [0, 0.1) is 0 Å². The first kappa shape index (κ1) is 25.0. The highest BCUT2D eigenvalue weighted by Gasteiger charge is 2.46. The van der Waals surface area contributed by atoms with Crippen LogP contribution in [-0.4, -0.2) is 38.4 Å². The van der Waals surface area contributed by atoms with Gasteiger partial charge in [0.1, 0.15) is 17.3 Å². The maximum atomic E-state index is 13.3. The first-order chi connectivity index (χ1) is 17.1. The zero-order valence-corrected chi connectivity index (χ0v) is 20.9. The Hall–Kier alpha value is -4.13. The second-order valence-corrected chi connectivity index (χ2v) is 9.78. The van der Waals surface area contributed by atoms with E-state index in [0.29, 0.717) is 23.5 Å². The smallest absolute Gasteiger partial charge is 0.295 e. The highest BCUT2D eigenvalue weighted by molar-refractivity contribution is 6.46. The number of ketones is 1. The van der Waals surface area contributed by atoms with Crippen LogP contribution in [0.3, 0.4) is 0 Å². The van der Waals surface area contributed by atoms with E-state index in [1.165, 1.54) is 17.0 Å². The van der Waals surface area contributed by atoms with Gasteiger partial charge in [0.25, 0.3) is 11.7 Å². The monoisotopic (exact) mass is 486 g/mol. The molecule has 2 N–H and O–H groups in total. The number of aliphatic hydroxyl groups is 1. The van der Waals surface area contributed by atoms with Gasteiger partial charge >= 0.3 is 0 Å². The van der Waals surface area contributed by atoms with Crippen molar-refractivity contribution in [3.8, 4) is 11.5 Å². The number of rotatable bonds is 6. The minimum atomic E-state index is -0.887. The molecule has 1 amide bonds. The third-order valence-electron chi connectivity index (χ3n) is 6.16. The molecule has 3 aromatic rings. The van der Waals surface area contributed by atoms with Gasteiger partial charge < -0.3 is 19.8 Å². The molecule has 0 saturated carbocycles. The number of benzene rings is 2. The third-order valence-corrected chi connectivity index (χ3v) is 6.16. The Morgan fingerprint density at radius 3 is 2.50 bits per heavy atom. The molecule has 4 rings (SSSR count). The molecule has 1 aliphatic heterocycles. The SMILES string of the molecule is CCOc1ccc(/C(O)=C2/C(=O)C(=O)N(Cc3cccnc3)C2c2cccc(O)c2)cc1C(C)(C)C. The second-order valence-electron chi connectivity index (χ2n) is 9.78. The van der Waals surface area contributed by atoms with Gasteiger partial charge in [-0.3, -0.25) is 14.6 Å². The van der Waals surface area contributed by atoms with E-state index in [-0.39, 0.29) is 29.0 Å². The molecule has 7 heteroatoms. The molecule has 1 saturated heterocycles. The van der Waals surface area contributed by atoms with E-state index in [9.17, 15) is 19.8 Å². The molecule has 1 unspecified atom stereocenters. The number of ether oxygens (including phenoxy) is 1. The van der Waals surface area contributed by atoms with Crippen LogP contribution in [0.25, 0.3) is 5.76 Å². The van der Waals surface area contributed by atoms with Crippen LogP contribution in [0.1, 0.15) is 56.0 Å². The molecule has 2 aromatic carbocycles. The van der Waals surface area contributed by atoms with Gasteiger partial charge in [0, 0.05) is 30.1 Å². The lowest BCUT2D eigenvalue weighted by Crippen LogP contribution is -2.29. The van der Waals surface area contributed by atoms with Crippen LogP contribution in [0.2, 0.25) is 0 Å². The number of nitrogens with zero attached hydrogens (tertiary/aromatic N) is 2. The van der Waals surface area contributed by atoms with Crippen LogP contribution < -0.4 is 4.74 Å². The Labute approximate surface area is 210 Å². The molecular weight excluding hydrogens is 456 g/mol. The van der Waals surface area contributed by atoms with Gasteiger partial charge in [-0.15, -0.1) is 0 Å². The van der Waals surface area contributed by atoms with Gasteiger partial charge in [0.2, 0.25) is 0 Å². The van der Waals surface area contributed by atoms with Gasteiger partial charge in [-0.2, -0.15) is 0 Å². The predicted molar refractivity (Wildman–Crippen MR) is 137 cm³/mol. The number of phenolic OH excluding ortho intramolecular Hbond substituents is 1. The summed E-state index contributed by atoms with van der Waals surface area (Å²) in [6.45, 7) is 8.62. The van der Waals surface area contributed by atoms with Crippen molar-refractivity contribution in [1.82, 2.24) is 9.88 Å². The average Bonchev–Trinajstić information content (AvgIpc) is 3.09. The molecule has 0 spiro atoms. The summed E-state index contributed by atoms with van der Waals surface area (Å²) in [6, 6.07) is 14.3. The highest BCUT2D eigenvalue weighted by atomic mass is 16.5. The quantitative estimate of drug-likeness (QED) is 0.286. The number of likely N-dealkylation sites (tertiary alicyclic amines) is 1. The molecule has 1 atom stereocenters. The fourth-order valence-electron chi connectivity index (χ4n) is 4.47. The lowest BCUT2D eigenvalue weighted by atomic mass is 9.84. The minimum absolute atomic E-state index is 0.00412. The molecule has 0 radical (unpaired) electrons. The Balaban J connectivity index is 1.89. The van der Waals surface area contributed by atoms with Crippen molar-refractivity contribution >= 4 is 17.4 Å². The number of aromatic nitrogens is 1. The summed E-state index contributed by atoms with van der Waals surface area (Å²) >= 11 is 0. The Bertz CT molecular complexity index is 1320. The van der Waals surface area contributed by atoms with Crippen LogP contribution in [0.15, 0.2) is 72.6 Å². The summed E-state index contributed by atoms with van der Waals surface area (Å²) in [6.07, 6.45) is 3.25. The fourth-order valence-corrected chi connectivity index (χ4v) is 4.47. The standard InChI is InChI=1S/C29H30N2O5/c1-5-36-23-12-11-20(15-22(23)29(2,3)4)26(33)24-25(19-9-6-10-21(32)14-19)31(28(35)27(24)34)17-18-8-7-13-30-16-18/h6-16,25,32-33H,5,17H2,1-4H3/b26-24-. The van der Waals surface area contributed by atoms with E-state index < -0.39 is 17.7 Å². The molecule has 0 aliphatic carbocycles. The summed E-state index contributed by atoms with van der Waals surface area (Å²) in [5.41, 5.74) is 2.21. The van der Waals surface area contributed by atoms with Gasteiger partial charge in [0.05, 0.1) is 18.2 Å². The molecule has 2 heterocycles.